The number of benzene rings is 2. The molecule has 0 aliphatic carbocycles. The Kier molecular flexibility index (Phi) is 7.01. The Morgan fingerprint density at radius 1 is 1.04 bits per heavy atom. The smallest absolute Gasteiger partial charge is 0.239 e. The fourth-order valence-corrected chi connectivity index (χ4v) is 2.62. The van der Waals surface area contributed by atoms with Crippen LogP contribution in [0.1, 0.15) is 12.5 Å². The van der Waals surface area contributed by atoms with Crippen LogP contribution < -0.4 is 5.32 Å². The highest BCUT2D eigenvalue weighted by molar-refractivity contribution is 5.92. The lowest BCUT2D eigenvalue weighted by Crippen LogP contribution is -2.46. The van der Waals surface area contributed by atoms with Gasteiger partial charge in [0.05, 0.1) is 12.6 Å². The number of likely N-dealkylation sites (N-methyl/N-ethyl adjacent to an activating group) is 2. The van der Waals surface area contributed by atoms with Crippen LogP contribution in [0.15, 0.2) is 48.5 Å². The second-order valence-corrected chi connectivity index (χ2v) is 6.47. The van der Waals surface area contributed by atoms with E-state index in [0.29, 0.717) is 11.3 Å². The van der Waals surface area contributed by atoms with Crippen LogP contribution in [-0.2, 0) is 16.1 Å². The largest absolute Gasteiger partial charge is 0.340 e. The molecule has 5 nitrogen and oxygen atoms in total. The van der Waals surface area contributed by atoms with Crippen molar-refractivity contribution in [2.45, 2.75) is 19.5 Å². The summed E-state index contributed by atoms with van der Waals surface area (Å²) in [7, 11) is 3.29. The van der Waals surface area contributed by atoms with E-state index in [1.54, 1.807) is 44.1 Å². The fraction of sp³-hybridized carbons (Fsp3) is 0.300. The first kappa shape index (κ1) is 20.5. The molecule has 0 bridgehead atoms. The first-order valence-electron chi connectivity index (χ1n) is 8.51. The average Bonchev–Trinajstić information content (AvgIpc) is 2.60. The van der Waals surface area contributed by atoms with Crippen molar-refractivity contribution in [3.8, 4) is 0 Å². The Labute approximate surface area is 157 Å². The van der Waals surface area contributed by atoms with E-state index in [2.05, 4.69) is 5.32 Å². The number of nitrogens with zero attached hydrogens (tertiary/aromatic N) is 2. The molecule has 2 rings (SSSR count). The van der Waals surface area contributed by atoms with Gasteiger partial charge in [-0.2, -0.15) is 0 Å². The van der Waals surface area contributed by atoms with E-state index in [9.17, 15) is 18.4 Å². The first-order valence-corrected chi connectivity index (χ1v) is 8.51. The summed E-state index contributed by atoms with van der Waals surface area (Å²) in [4.78, 5) is 27.8. The van der Waals surface area contributed by atoms with Crippen molar-refractivity contribution >= 4 is 17.5 Å². The third kappa shape index (κ3) is 6.14. The number of anilines is 1. The van der Waals surface area contributed by atoms with Gasteiger partial charge in [0, 0.05) is 19.3 Å². The van der Waals surface area contributed by atoms with E-state index in [1.165, 1.54) is 35.2 Å². The lowest BCUT2D eigenvalue weighted by atomic mass is 10.2. The highest BCUT2D eigenvalue weighted by Gasteiger charge is 2.23. The maximum absolute atomic E-state index is 13.3. The number of amides is 2. The van der Waals surface area contributed by atoms with Crippen LogP contribution in [0.25, 0.3) is 0 Å². The molecule has 1 N–H and O–H groups in total. The minimum Gasteiger partial charge on any atom is -0.340 e. The summed E-state index contributed by atoms with van der Waals surface area (Å²) in [5, 5.41) is 2.60. The van der Waals surface area contributed by atoms with Gasteiger partial charge in [-0.1, -0.05) is 18.2 Å². The van der Waals surface area contributed by atoms with Gasteiger partial charge in [-0.3, -0.25) is 14.5 Å². The van der Waals surface area contributed by atoms with Gasteiger partial charge in [-0.25, -0.2) is 8.78 Å². The van der Waals surface area contributed by atoms with Gasteiger partial charge in [-0.15, -0.1) is 0 Å². The standard InChI is InChI=1S/C20H23F2N3O2/c1-14(20(27)25(3)12-15-6-4-7-16(21)10-15)24(2)13-19(26)23-18-9-5-8-17(22)11-18/h4-11,14H,12-13H2,1-3H3,(H,23,26)/t14-/m0/s1. The van der Waals surface area contributed by atoms with Gasteiger partial charge >= 0.3 is 0 Å². The van der Waals surface area contributed by atoms with Crippen molar-refractivity contribution in [1.82, 2.24) is 9.80 Å². The summed E-state index contributed by atoms with van der Waals surface area (Å²) in [6, 6.07) is 11.1. The zero-order chi connectivity index (χ0) is 20.0. The molecule has 0 saturated heterocycles. The lowest BCUT2D eigenvalue weighted by molar-refractivity contribution is -0.135. The maximum atomic E-state index is 13.3. The molecule has 0 saturated carbocycles. The molecular formula is C20H23F2N3O2. The number of halogens is 2. The molecule has 0 heterocycles. The van der Waals surface area contributed by atoms with Crippen LogP contribution in [0.5, 0.6) is 0 Å². The van der Waals surface area contributed by atoms with Crippen LogP contribution in [0.4, 0.5) is 14.5 Å². The SMILES string of the molecule is C[C@@H](C(=O)N(C)Cc1cccc(F)c1)N(C)CC(=O)Nc1cccc(F)c1. The summed E-state index contributed by atoms with van der Waals surface area (Å²) in [5.74, 6) is -1.34. The molecule has 0 unspecified atom stereocenters. The van der Waals surface area contributed by atoms with Gasteiger partial charge < -0.3 is 10.2 Å². The van der Waals surface area contributed by atoms with Crippen molar-refractivity contribution in [1.29, 1.82) is 0 Å². The van der Waals surface area contributed by atoms with Gasteiger partial charge in [-0.05, 0) is 49.9 Å². The van der Waals surface area contributed by atoms with E-state index in [-0.39, 0.29) is 30.7 Å². The second-order valence-electron chi connectivity index (χ2n) is 6.47. The van der Waals surface area contributed by atoms with E-state index >= 15 is 0 Å². The minimum atomic E-state index is -0.554. The van der Waals surface area contributed by atoms with E-state index in [0.717, 1.165) is 0 Å². The normalized spacial score (nSPS) is 11.9. The Morgan fingerprint density at radius 2 is 1.67 bits per heavy atom. The zero-order valence-corrected chi connectivity index (χ0v) is 15.6. The van der Waals surface area contributed by atoms with Gasteiger partial charge in [0.2, 0.25) is 11.8 Å². The molecule has 7 heteroatoms. The minimum absolute atomic E-state index is 0.0305. The van der Waals surface area contributed by atoms with E-state index < -0.39 is 11.9 Å². The molecule has 2 aromatic rings. The molecule has 0 fully saturated rings. The van der Waals surface area contributed by atoms with Gasteiger partial charge in [0.15, 0.2) is 0 Å². The van der Waals surface area contributed by atoms with E-state index in [4.69, 9.17) is 0 Å². The quantitative estimate of drug-likeness (QED) is 0.810. The molecule has 2 aromatic carbocycles. The molecule has 27 heavy (non-hydrogen) atoms. The van der Waals surface area contributed by atoms with E-state index in [1.807, 2.05) is 0 Å². The number of hydrogen-bond acceptors (Lipinski definition) is 3. The third-order valence-electron chi connectivity index (χ3n) is 4.20. The molecular weight excluding hydrogens is 352 g/mol. The number of carbonyl (C=O) groups excluding carboxylic acids is 2. The number of hydrogen-bond donors (Lipinski definition) is 1. The summed E-state index contributed by atoms with van der Waals surface area (Å²) >= 11 is 0. The predicted octanol–water partition coefficient (Wildman–Crippen LogP) is 2.88. The fourth-order valence-electron chi connectivity index (χ4n) is 2.62. The highest BCUT2D eigenvalue weighted by atomic mass is 19.1. The van der Waals surface area contributed by atoms with Gasteiger partial charge in [0.1, 0.15) is 11.6 Å². The summed E-state index contributed by atoms with van der Waals surface area (Å²) < 4.78 is 26.4. The van der Waals surface area contributed by atoms with Crippen LogP contribution in [-0.4, -0.2) is 48.3 Å². The molecule has 0 radical (unpaired) electrons. The Balaban J connectivity index is 1.89. The topological polar surface area (TPSA) is 52.7 Å². The second kappa shape index (κ2) is 9.23. The van der Waals surface area contributed by atoms with Crippen LogP contribution >= 0.6 is 0 Å². The molecule has 0 spiro atoms. The lowest BCUT2D eigenvalue weighted by Gasteiger charge is -2.28. The summed E-state index contributed by atoms with van der Waals surface area (Å²) in [5.41, 5.74) is 1.04. The summed E-state index contributed by atoms with van der Waals surface area (Å²) in [6.45, 7) is 1.93. The number of carbonyl (C=O) groups is 2. The Bertz CT molecular complexity index is 813. The maximum Gasteiger partial charge on any atom is 0.239 e. The first-order chi connectivity index (χ1) is 12.8. The molecule has 0 aliphatic rings. The van der Waals surface area contributed by atoms with Crippen molar-refractivity contribution in [3.05, 3.63) is 65.7 Å². The highest BCUT2D eigenvalue weighted by Crippen LogP contribution is 2.11. The average molecular weight is 375 g/mol. The van der Waals surface area contributed by atoms with Crippen molar-refractivity contribution in [3.63, 3.8) is 0 Å². The van der Waals surface area contributed by atoms with Crippen molar-refractivity contribution in [2.75, 3.05) is 26.0 Å². The van der Waals surface area contributed by atoms with Crippen molar-refractivity contribution in [2.24, 2.45) is 0 Å². The molecule has 0 aliphatic heterocycles. The van der Waals surface area contributed by atoms with Crippen LogP contribution in [0, 0.1) is 11.6 Å². The Morgan fingerprint density at radius 3 is 2.30 bits per heavy atom. The molecule has 2 amide bonds. The third-order valence-corrected chi connectivity index (χ3v) is 4.20. The summed E-state index contributed by atoms with van der Waals surface area (Å²) in [6.07, 6.45) is 0. The Hall–Kier alpha value is -2.80. The number of rotatable bonds is 7. The zero-order valence-electron chi connectivity index (χ0n) is 15.6. The predicted molar refractivity (Wildman–Crippen MR) is 100.0 cm³/mol. The van der Waals surface area contributed by atoms with Crippen LogP contribution in [0.2, 0.25) is 0 Å². The number of nitrogens with one attached hydrogen (secondary N) is 1. The van der Waals surface area contributed by atoms with Crippen molar-refractivity contribution < 1.29 is 18.4 Å². The van der Waals surface area contributed by atoms with Crippen LogP contribution in [0.3, 0.4) is 0 Å². The monoisotopic (exact) mass is 375 g/mol. The molecule has 144 valence electrons. The van der Waals surface area contributed by atoms with Gasteiger partial charge in [0.25, 0.3) is 0 Å². The molecule has 1 atom stereocenters. The molecule has 0 aromatic heterocycles.